The molecule has 0 bridgehead atoms. The van der Waals surface area contributed by atoms with Crippen molar-refractivity contribution in [1.82, 2.24) is 0 Å². The molecule has 0 saturated heterocycles. The van der Waals surface area contributed by atoms with Crippen LogP contribution >= 0.6 is 0 Å². The number of nitrogens with two attached hydrogens (primary N) is 1. The Morgan fingerprint density at radius 1 is 1.31 bits per heavy atom. The summed E-state index contributed by atoms with van der Waals surface area (Å²) < 4.78 is 5.47. The lowest BCUT2D eigenvalue weighted by Gasteiger charge is -2.21. The summed E-state index contributed by atoms with van der Waals surface area (Å²) in [6.45, 7) is 4.94. The van der Waals surface area contributed by atoms with Gasteiger partial charge >= 0.3 is 0 Å². The van der Waals surface area contributed by atoms with Gasteiger partial charge in [0.1, 0.15) is 0 Å². The topological polar surface area (TPSA) is 55.5 Å². The predicted molar refractivity (Wildman–Crippen MR) is 54.6 cm³/mol. The molecule has 2 unspecified atom stereocenters. The molecule has 0 radical (unpaired) electrons. The van der Waals surface area contributed by atoms with E-state index in [1.807, 2.05) is 0 Å². The van der Waals surface area contributed by atoms with Crippen molar-refractivity contribution in [3.63, 3.8) is 0 Å². The van der Waals surface area contributed by atoms with Crippen LogP contribution in [0.15, 0.2) is 0 Å². The van der Waals surface area contributed by atoms with Crippen molar-refractivity contribution in [1.29, 1.82) is 0 Å². The lowest BCUT2D eigenvalue weighted by atomic mass is 10.1. The van der Waals surface area contributed by atoms with E-state index in [0.29, 0.717) is 6.61 Å². The highest BCUT2D eigenvalue weighted by Gasteiger charge is 2.15. The first kappa shape index (κ1) is 12.9. The van der Waals surface area contributed by atoms with Gasteiger partial charge < -0.3 is 15.6 Å². The third-order valence-corrected chi connectivity index (χ3v) is 2.11. The molecule has 0 aliphatic rings. The zero-order valence-electron chi connectivity index (χ0n) is 8.83. The Balaban J connectivity index is 3.60. The normalized spacial score (nSPS) is 15.7. The van der Waals surface area contributed by atoms with Crippen molar-refractivity contribution in [2.75, 3.05) is 13.2 Å². The first-order valence-corrected chi connectivity index (χ1v) is 5.24. The highest BCUT2D eigenvalue weighted by atomic mass is 16.5. The highest BCUT2D eigenvalue weighted by molar-refractivity contribution is 4.71. The monoisotopic (exact) mass is 189 g/mol. The Morgan fingerprint density at radius 2 is 2.00 bits per heavy atom. The molecule has 0 aromatic heterocycles. The van der Waals surface area contributed by atoms with Gasteiger partial charge in [-0.25, -0.2) is 0 Å². The van der Waals surface area contributed by atoms with E-state index in [2.05, 4.69) is 13.8 Å². The van der Waals surface area contributed by atoms with Crippen LogP contribution < -0.4 is 5.73 Å². The average Bonchev–Trinajstić information content (AvgIpc) is 2.13. The number of hydrogen-bond donors (Lipinski definition) is 2. The van der Waals surface area contributed by atoms with Crippen LogP contribution in [0.2, 0.25) is 0 Å². The fourth-order valence-electron chi connectivity index (χ4n) is 1.21. The summed E-state index contributed by atoms with van der Waals surface area (Å²) in [6.07, 6.45) is 3.93. The summed E-state index contributed by atoms with van der Waals surface area (Å²) in [4.78, 5) is 0. The number of ether oxygens (including phenoxy) is 1. The van der Waals surface area contributed by atoms with E-state index < -0.39 is 0 Å². The largest absolute Gasteiger partial charge is 0.394 e. The van der Waals surface area contributed by atoms with E-state index in [1.165, 1.54) is 0 Å². The fourth-order valence-corrected chi connectivity index (χ4v) is 1.21. The highest BCUT2D eigenvalue weighted by Crippen LogP contribution is 2.04. The van der Waals surface area contributed by atoms with Crippen molar-refractivity contribution in [2.45, 2.75) is 51.7 Å². The third kappa shape index (κ3) is 6.02. The lowest BCUT2D eigenvalue weighted by molar-refractivity contribution is -0.00503. The number of rotatable bonds is 8. The summed E-state index contributed by atoms with van der Waals surface area (Å²) >= 11 is 0. The van der Waals surface area contributed by atoms with Gasteiger partial charge in [-0.15, -0.1) is 0 Å². The molecule has 0 spiro atoms. The van der Waals surface area contributed by atoms with Gasteiger partial charge in [0.15, 0.2) is 0 Å². The Bertz CT molecular complexity index is 109. The molecule has 13 heavy (non-hydrogen) atoms. The van der Waals surface area contributed by atoms with E-state index >= 15 is 0 Å². The van der Waals surface area contributed by atoms with Gasteiger partial charge in [0.2, 0.25) is 0 Å². The predicted octanol–water partition coefficient (Wildman–Crippen LogP) is 1.29. The zero-order valence-corrected chi connectivity index (χ0v) is 8.83. The minimum Gasteiger partial charge on any atom is -0.394 e. The standard InChI is InChI=1S/C10H23NO2/c1-3-5-7-13-10(8-12)9(11)6-4-2/h9-10,12H,3-8,11H2,1-2H3. The van der Waals surface area contributed by atoms with E-state index in [9.17, 15) is 0 Å². The molecule has 0 saturated carbocycles. The van der Waals surface area contributed by atoms with Crippen LogP contribution in [-0.2, 0) is 4.74 Å². The summed E-state index contributed by atoms with van der Waals surface area (Å²) in [5.41, 5.74) is 5.84. The van der Waals surface area contributed by atoms with Gasteiger partial charge in [-0.3, -0.25) is 0 Å². The van der Waals surface area contributed by atoms with Crippen LogP contribution in [-0.4, -0.2) is 30.5 Å². The van der Waals surface area contributed by atoms with Crippen molar-refractivity contribution in [2.24, 2.45) is 5.73 Å². The molecule has 0 fully saturated rings. The first-order valence-electron chi connectivity index (χ1n) is 5.24. The molecule has 0 aliphatic heterocycles. The summed E-state index contributed by atoms with van der Waals surface area (Å²) in [7, 11) is 0. The molecular weight excluding hydrogens is 166 g/mol. The van der Waals surface area contributed by atoms with Crippen LogP contribution in [0.3, 0.4) is 0 Å². The molecule has 0 amide bonds. The molecule has 3 nitrogen and oxygen atoms in total. The number of hydrogen-bond acceptors (Lipinski definition) is 3. The summed E-state index contributed by atoms with van der Waals surface area (Å²) in [5, 5.41) is 9.02. The second kappa shape index (κ2) is 8.48. The molecular formula is C10H23NO2. The SMILES string of the molecule is CCCCOC(CO)C(N)CCC. The van der Waals surface area contributed by atoms with Crippen molar-refractivity contribution in [3.8, 4) is 0 Å². The van der Waals surface area contributed by atoms with Crippen LogP contribution in [0.4, 0.5) is 0 Å². The number of unbranched alkanes of at least 4 members (excludes halogenated alkanes) is 1. The van der Waals surface area contributed by atoms with Gasteiger partial charge in [-0.05, 0) is 12.8 Å². The maximum Gasteiger partial charge on any atom is 0.0956 e. The van der Waals surface area contributed by atoms with Gasteiger partial charge in [0.25, 0.3) is 0 Å². The Morgan fingerprint density at radius 3 is 2.46 bits per heavy atom. The minimum absolute atomic E-state index is 0.0214. The average molecular weight is 189 g/mol. The molecule has 80 valence electrons. The second-order valence-corrected chi connectivity index (χ2v) is 3.40. The summed E-state index contributed by atoms with van der Waals surface area (Å²) in [5.74, 6) is 0. The number of aliphatic hydroxyl groups is 1. The van der Waals surface area contributed by atoms with Gasteiger partial charge in [0.05, 0.1) is 12.7 Å². The maximum absolute atomic E-state index is 9.02. The quantitative estimate of drug-likeness (QED) is 0.566. The smallest absolute Gasteiger partial charge is 0.0956 e. The van der Waals surface area contributed by atoms with Gasteiger partial charge in [-0.2, -0.15) is 0 Å². The lowest BCUT2D eigenvalue weighted by Crippen LogP contribution is -2.39. The third-order valence-electron chi connectivity index (χ3n) is 2.11. The van der Waals surface area contributed by atoms with Crippen LogP contribution in [0, 0.1) is 0 Å². The minimum atomic E-state index is -0.175. The van der Waals surface area contributed by atoms with Crippen LogP contribution in [0.1, 0.15) is 39.5 Å². The molecule has 3 N–H and O–H groups in total. The number of aliphatic hydroxyl groups excluding tert-OH is 1. The Hall–Kier alpha value is -0.120. The van der Waals surface area contributed by atoms with Gasteiger partial charge in [-0.1, -0.05) is 26.7 Å². The first-order chi connectivity index (χ1) is 6.26. The van der Waals surface area contributed by atoms with Crippen molar-refractivity contribution < 1.29 is 9.84 Å². The van der Waals surface area contributed by atoms with E-state index in [0.717, 1.165) is 25.7 Å². The molecule has 0 aromatic carbocycles. The van der Waals surface area contributed by atoms with E-state index in [1.54, 1.807) is 0 Å². The molecule has 0 rings (SSSR count). The molecule has 0 heterocycles. The zero-order chi connectivity index (χ0) is 10.1. The van der Waals surface area contributed by atoms with E-state index in [-0.39, 0.29) is 18.8 Å². The second-order valence-electron chi connectivity index (χ2n) is 3.40. The van der Waals surface area contributed by atoms with Crippen molar-refractivity contribution in [3.05, 3.63) is 0 Å². The van der Waals surface area contributed by atoms with Gasteiger partial charge in [0, 0.05) is 12.6 Å². The maximum atomic E-state index is 9.02. The molecule has 2 atom stereocenters. The van der Waals surface area contributed by atoms with Crippen molar-refractivity contribution >= 4 is 0 Å². The summed E-state index contributed by atoms with van der Waals surface area (Å²) in [6, 6.07) is -0.0214. The molecule has 0 aliphatic carbocycles. The Labute approximate surface area is 81.3 Å². The van der Waals surface area contributed by atoms with Crippen LogP contribution in [0.25, 0.3) is 0 Å². The van der Waals surface area contributed by atoms with E-state index in [4.69, 9.17) is 15.6 Å². The Kier molecular flexibility index (Phi) is 8.40. The molecule has 0 aromatic rings. The van der Waals surface area contributed by atoms with Crippen LogP contribution in [0.5, 0.6) is 0 Å². The fraction of sp³-hybridized carbons (Fsp3) is 1.00. The molecule has 3 heteroatoms.